The van der Waals surface area contributed by atoms with Gasteiger partial charge in [0.25, 0.3) is 0 Å². The Morgan fingerprint density at radius 1 is 0.667 bits per heavy atom. The second kappa shape index (κ2) is 8.13. The predicted octanol–water partition coefficient (Wildman–Crippen LogP) is 4.07. The van der Waals surface area contributed by atoms with Crippen LogP contribution < -0.4 is 0 Å². The molecule has 0 fully saturated rings. The molecule has 0 saturated carbocycles. The minimum absolute atomic E-state index is 0.700. The molecular formula is C18H24O2Si. The highest BCUT2D eigenvalue weighted by Gasteiger charge is 2.37. The van der Waals surface area contributed by atoms with Crippen molar-refractivity contribution in [2.24, 2.45) is 0 Å². The van der Waals surface area contributed by atoms with Crippen LogP contribution in [0.1, 0.15) is 25.0 Å². The fraction of sp³-hybridized carbons (Fsp3) is 0.333. The van der Waals surface area contributed by atoms with Crippen LogP contribution in [0.3, 0.4) is 0 Å². The van der Waals surface area contributed by atoms with Crippen molar-refractivity contribution in [1.82, 2.24) is 0 Å². The molecule has 0 heterocycles. The Morgan fingerprint density at radius 2 is 1.05 bits per heavy atom. The highest BCUT2D eigenvalue weighted by molar-refractivity contribution is 6.66. The van der Waals surface area contributed by atoms with Gasteiger partial charge in [-0.05, 0) is 25.0 Å². The van der Waals surface area contributed by atoms with Crippen molar-refractivity contribution in [2.75, 3.05) is 13.2 Å². The van der Waals surface area contributed by atoms with Crippen LogP contribution in [-0.2, 0) is 20.9 Å². The van der Waals surface area contributed by atoms with Crippen LogP contribution in [0.15, 0.2) is 60.7 Å². The minimum Gasteiger partial charge on any atom is -0.394 e. The largest absolute Gasteiger partial charge is 0.394 e. The van der Waals surface area contributed by atoms with Crippen molar-refractivity contribution in [1.29, 1.82) is 0 Å². The van der Waals surface area contributed by atoms with Crippen LogP contribution in [-0.4, -0.2) is 21.8 Å². The average molecular weight is 300 g/mol. The molecular weight excluding hydrogens is 276 g/mol. The van der Waals surface area contributed by atoms with Crippen molar-refractivity contribution in [3.05, 3.63) is 71.8 Å². The number of benzene rings is 2. The molecule has 2 rings (SSSR count). The fourth-order valence-electron chi connectivity index (χ4n) is 2.65. The van der Waals surface area contributed by atoms with Gasteiger partial charge in [0.05, 0.1) is 0 Å². The second-order valence-corrected chi connectivity index (χ2v) is 8.21. The van der Waals surface area contributed by atoms with Gasteiger partial charge >= 0.3 is 8.56 Å². The van der Waals surface area contributed by atoms with E-state index in [1.54, 1.807) is 0 Å². The lowest BCUT2D eigenvalue weighted by Crippen LogP contribution is -2.48. The third-order valence-corrected chi connectivity index (χ3v) is 6.97. The number of hydrogen-bond donors (Lipinski definition) is 0. The molecule has 112 valence electrons. The molecule has 0 radical (unpaired) electrons. The molecule has 2 nitrogen and oxygen atoms in total. The zero-order chi connectivity index (χ0) is 15.0. The SMILES string of the molecule is CCO[Si](Cc1ccccc1)(Cc1ccccc1)OCC. The molecule has 0 bridgehead atoms. The van der Waals surface area contributed by atoms with Gasteiger partial charge in [-0.1, -0.05) is 60.7 Å². The van der Waals surface area contributed by atoms with Crippen molar-refractivity contribution < 1.29 is 8.85 Å². The smallest absolute Gasteiger partial charge is 0.347 e. The van der Waals surface area contributed by atoms with Crippen molar-refractivity contribution >= 4 is 8.56 Å². The van der Waals surface area contributed by atoms with E-state index in [0.29, 0.717) is 13.2 Å². The standard InChI is InChI=1S/C18H24O2Si/c1-3-19-21(20-4-2,15-17-11-7-5-8-12-17)16-18-13-9-6-10-14-18/h5-14H,3-4,15-16H2,1-2H3. The van der Waals surface area contributed by atoms with E-state index in [0.717, 1.165) is 12.1 Å². The first-order valence-electron chi connectivity index (χ1n) is 7.64. The molecule has 0 aliphatic rings. The molecule has 0 spiro atoms. The summed E-state index contributed by atoms with van der Waals surface area (Å²) >= 11 is 0. The Bertz CT molecular complexity index is 464. The third kappa shape index (κ3) is 4.81. The lowest BCUT2D eigenvalue weighted by Gasteiger charge is -2.30. The summed E-state index contributed by atoms with van der Waals surface area (Å²) in [6.45, 7) is 5.51. The summed E-state index contributed by atoms with van der Waals surface area (Å²) in [6, 6.07) is 22.8. The molecule has 0 aromatic heterocycles. The summed E-state index contributed by atoms with van der Waals surface area (Å²) in [7, 11) is -2.28. The minimum atomic E-state index is -2.28. The number of rotatable bonds is 8. The van der Waals surface area contributed by atoms with E-state index >= 15 is 0 Å². The van der Waals surface area contributed by atoms with E-state index in [1.807, 2.05) is 12.1 Å². The van der Waals surface area contributed by atoms with Crippen LogP contribution in [0.5, 0.6) is 0 Å². The summed E-state index contributed by atoms with van der Waals surface area (Å²) < 4.78 is 12.4. The van der Waals surface area contributed by atoms with Gasteiger partial charge < -0.3 is 8.85 Å². The Kier molecular flexibility index (Phi) is 6.17. The molecule has 0 unspecified atom stereocenters. The summed E-state index contributed by atoms with van der Waals surface area (Å²) in [5.41, 5.74) is 2.59. The molecule has 2 aromatic carbocycles. The molecule has 0 aliphatic heterocycles. The lowest BCUT2D eigenvalue weighted by atomic mass is 10.2. The van der Waals surface area contributed by atoms with Gasteiger partial charge in [-0.2, -0.15) is 0 Å². The van der Waals surface area contributed by atoms with Crippen LogP contribution >= 0.6 is 0 Å². The van der Waals surface area contributed by atoms with E-state index in [4.69, 9.17) is 8.85 Å². The first-order valence-corrected chi connectivity index (χ1v) is 9.87. The molecule has 0 N–H and O–H groups in total. The highest BCUT2D eigenvalue weighted by atomic mass is 28.4. The third-order valence-electron chi connectivity index (χ3n) is 3.45. The predicted molar refractivity (Wildman–Crippen MR) is 89.3 cm³/mol. The normalized spacial score (nSPS) is 11.5. The van der Waals surface area contributed by atoms with E-state index in [2.05, 4.69) is 62.4 Å². The molecule has 0 amide bonds. The maximum atomic E-state index is 6.19. The molecule has 21 heavy (non-hydrogen) atoms. The summed E-state index contributed by atoms with van der Waals surface area (Å²) in [6.07, 6.45) is 0. The summed E-state index contributed by atoms with van der Waals surface area (Å²) in [5, 5.41) is 0. The van der Waals surface area contributed by atoms with Crippen molar-refractivity contribution in [3.63, 3.8) is 0 Å². The maximum Gasteiger partial charge on any atom is 0.347 e. The maximum absolute atomic E-state index is 6.19. The van der Waals surface area contributed by atoms with Crippen LogP contribution in [0.4, 0.5) is 0 Å². The Labute approximate surface area is 129 Å². The van der Waals surface area contributed by atoms with Gasteiger partial charge in [0.1, 0.15) is 0 Å². The summed E-state index contributed by atoms with van der Waals surface area (Å²) in [4.78, 5) is 0. The van der Waals surface area contributed by atoms with Crippen LogP contribution in [0.2, 0.25) is 0 Å². The topological polar surface area (TPSA) is 18.5 Å². The van der Waals surface area contributed by atoms with Gasteiger partial charge in [0.15, 0.2) is 0 Å². The average Bonchev–Trinajstić information content (AvgIpc) is 2.50. The quantitative estimate of drug-likeness (QED) is 0.684. The number of hydrogen-bond acceptors (Lipinski definition) is 2. The molecule has 0 aliphatic carbocycles. The van der Waals surface area contributed by atoms with Crippen LogP contribution in [0, 0.1) is 0 Å². The Balaban J connectivity index is 2.23. The van der Waals surface area contributed by atoms with Crippen molar-refractivity contribution in [2.45, 2.75) is 25.9 Å². The lowest BCUT2D eigenvalue weighted by molar-refractivity contribution is 0.181. The second-order valence-electron chi connectivity index (χ2n) is 5.10. The van der Waals surface area contributed by atoms with Gasteiger partial charge in [0.2, 0.25) is 0 Å². The first-order chi connectivity index (χ1) is 10.3. The van der Waals surface area contributed by atoms with E-state index in [9.17, 15) is 0 Å². The van der Waals surface area contributed by atoms with Gasteiger partial charge in [-0.3, -0.25) is 0 Å². The van der Waals surface area contributed by atoms with Crippen molar-refractivity contribution in [3.8, 4) is 0 Å². The zero-order valence-corrected chi connectivity index (χ0v) is 13.9. The molecule has 3 heteroatoms. The fourth-order valence-corrected chi connectivity index (χ4v) is 6.03. The van der Waals surface area contributed by atoms with E-state index in [1.165, 1.54) is 11.1 Å². The monoisotopic (exact) mass is 300 g/mol. The molecule has 2 aromatic rings. The highest BCUT2D eigenvalue weighted by Crippen LogP contribution is 2.20. The zero-order valence-electron chi connectivity index (χ0n) is 12.9. The van der Waals surface area contributed by atoms with Gasteiger partial charge in [-0.25, -0.2) is 0 Å². The molecule has 0 saturated heterocycles. The van der Waals surface area contributed by atoms with Gasteiger partial charge in [-0.15, -0.1) is 0 Å². The Morgan fingerprint density at radius 3 is 1.38 bits per heavy atom. The Hall–Kier alpha value is -1.42. The van der Waals surface area contributed by atoms with Crippen LogP contribution in [0.25, 0.3) is 0 Å². The summed E-state index contributed by atoms with van der Waals surface area (Å²) in [5.74, 6) is 0. The van der Waals surface area contributed by atoms with Gasteiger partial charge in [0, 0.05) is 25.3 Å². The first kappa shape index (κ1) is 16.0. The van der Waals surface area contributed by atoms with E-state index < -0.39 is 8.56 Å². The van der Waals surface area contributed by atoms with E-state index in [-0.39, 0.29) is 0 Å². The molecule has 0 atom stereocenters.